The number of hydrogen-bond acceptors (Lipinski definition) is 4. The molecule has 0 saturated carbocycles. The van der Waals surface area contributed by atoms with Crippen molar-refractivity contribution in [2.75, 3.05) is 12.4 Å². The highest BCUT2D eigenvalue weighted by molar-refractivity contribution is 5.78. The summed E-state index contributed by atoms with van der Waals surface area (Å²) in [6.07, 6.45) is 3.72. The van der Waals surface area contributed by atoms with Crippen LogP contribution in [0, 0.1) is 0 Å². The molecule has 0 saturated heterocycles. The number of benzene rings is 2. The maximum Gasteiger partial charge on any atom is 0.165 e. The van der Waals surface area contributed by atoms with Gasteiger partial charge in [-0.3, -0.25) is 0 Å². The van der Waals surface area contributed by atoms with Gasteiger partial charge in [-0.15, -0.1) is 0 Å². The van der Waals surface area contributed by atoms with E-state index in [1.54, 1.807) is 11.6 Å². The molecule has 0 fully saturated rings. The predicted molar refractivity (Wildman–Crippen MR) is 94.7 cm³/mol. The Hall–Kier alpha value is -3.34. The first kappa shape index (κ1) is 14.3. The number of fused-ring (bicyclic) bond motifs is 1. The molecule has 1 N–H and O–H groups in total. The summed E-state index contributed by atoms with van der Waals surface area (Å²) in [5.41, 5.74) is 3.78. The van der Waals surface area contributed by atoms with Crippen LogP contribution in [0.2, 0.25) is 0 Å². The minimum atomic E-state index is 0.776. The van der Waals surface area contributed by atoms with Crippen molar-refractivity contribution in [2.45, 2.75) is 0 Å². The van der Waals surface area contributed by atoms with Crippen molar-refractivity contribution in [3.05, 3.63) is 73.1 Å². The van der Waals surface area contributed by atoms with Gasteiger partial charge in [-0.05, 0) is 35.9 Å². The summed E-state index contributed by atoms with van der Waals surface area (Å²) < 4.78 is 7.08. The third kappa shape index (κ3) is 2.67. The third-order valence-electron chi connectivity index (χ3n) is 3.80. The Morgan fingerprint density at radius 3 is 2.71 bits per heavy atom. The van der Waals surface area contributed by atoms with Crippen LogP contribution < -0.4 is 10.1 Å². The van der Waals surface area contributed by atoms with Crippen LogP contribution in [0.1, 0.15) is 0 Å². The molecular weight excluding hydrogens is 300 g/mol. The van der Waals surface area contributed by atoms with Gasteiger partial charge in [-0.2, -0.15) is 5.10 Å². The summed E-state index contributed by atoms with van der Waals surface area (Å²) in [6.45, 7) is 0. The number of anilines is 2. The van der Waals surface area contributed by atoms with Crippen LogP contribution in [0.15, 0.2) is 73.1 Å². The van der Waals surface area contributed by atoms with E-state index in [4.69, 9.17) is 9.72 Å². The highest BCUT2D eigenvalue weighted by Crippen LogP contribution is 2.27. The molecule has 0 aliphatic heterocycles. The van der Waals surface area contributed by atoms with Crippen LogP contribution in [0.3, 0.4) is 0 Å². The summed E-state index contributed by atoms with van der Waals surface area (Å²) in [5.74, 6) is 1.59. The summed E-state index contributed by atoms with van der Waals surface area (Å²) in [7, 11) is 1.66. The van der Waals surface area contributed by atoms with Gasteiger partial charge in [-0.25, -0.2) is 9.50 Å². The summed E-state index contributed by atoms with van der Waals surface area (Å²) in [6, 6.07) is 19.8. The van der Waals surface area contributed by atoms with Crippen molar-refractivity contribution in [1.82, 2.24) is 14.6 Å². The maximum absolute atomic E-state index is 5.31. The number of hydrogen-bond donors (Lipinski definition) is 1. The number of aromatic nitrogens is 3. The van der Waals surface area contributed by atoms with E-state index in [1.807, 2.05) is 73.1 Å². The van der Waals surface area contributed by atoms with Crippen molar-refractivity contribution in [3.8, 4) is 16.9 Å². The maximum atomic E-state index is 5.31. The summed E-state index contributed by atoms with van der Waals surface area (Å²) >= 11 is 0. The third-order valence-corrected chi connectivity index (χ3v) is 3.80. The highest BCUT2D eigenvalue weighted by Gasteiger charge is 2.10. The molecule has 0 spiro atoms. The second-order valence-electron chi connectivity index (χ2n) is 5.36. The largest absolute Gasteiger partial charge is 0.497 e. The van der Waals surface area contributed by atoms with Gasteiger partial charge in [0.15, 0.2) is 5.65 Å². The smallest absolute Gasteiger partial charge is 0.165 e. The molecule has 5 nitrogen and oxygen atoms in total. The fourth-order valence-electron chi connectivity index (χ4n) is 2.60. The fraction of sp³-hybridized carbons (Fsp3) is 0.0526. The van der Waals surface area contributed by atoms with Crippen LogP contribution in [0.25, 0.3) is 16.8 Å². The van der Waals surface area contributed by atoms with Crippen LogP contribution in [0.5, 0.6) is 5.75 Å². The lowest BCUT2D eigenvalue weighted by Crippen LogP contribution is -1.97. The van der Waals surface area contributed by atoms with Crippen LogP contribution in [0.4, 0.5) is 11.5 Å². The average molecular weight is 316 g/mol. The van der Waals surface area contributed by atoms with E-state index >= 15 is 0 Å². The van der Waals surface area contributed by atoms with Crippen molar-refractivity contribution < 1.29 is 4.74 Å². The first-order valence-corrected chi connectivity index (χ1v) is 7.64. The second kappa shape index (κ2) is 6.04. The zero-order chi connectivity index (χ0) is 16.4. The topological polar surface area (TPSA) is 51.5 Å². The Labute approximate surface area is 139 Å². The molecule has 0 bridgehead atoms. The van der Waals surface area contributed by atoms with E-state index in [2.05, 4.69) is 10.4 Å². The van der Waals surface area contributed by atoms with E-state index in [1.165, 1.54) is 0 Å². The van der Waals surface area contributed by atoms with E-state index in [0.717, 1.165) is 34.0 Å². The minimum absolute atomic E-state index is 0.776. The number of nitrogens with one attached hydrogen (secondary N) is 1. The summed E-state index contributed by atoms with van der Waals surface area (Å²) in [4.78, 5) is 4.71. The number of rotatable bonds is 4. The predicted octanol–water partition coefficient (Wildman–Crippen LogP) is 4.15. The van der Waals surface area contributed by atoms with Crippen LogP contribution >= 0.6 is 0 Å². The minimum Gasteiger partial charge on any atom is -0.497 e. The quantitative estimate of drug-likeness (QED) is 0.614. The molecule has 0 amide bonds. The van der Waals surface area contributed by atoms with Gasteiger partial charge in [0.1, 0.15) is 11.6 Å². The van der Waals surface area contributed by atoms with E-state index in [0.29, 0.717) is 0 Å². The van der Waals surface area contributed by atoms with E-state index < -0.39 is 0 Å². The van der Waals surface area contributed by atoms with Gasteiger partial charge < -0.3 is 10.1 Å². The van der Waals surface area contributed by atoms with Gasteiger partial charge >= 0.3 is 0 Å². The second-order valence-corrected chi connectivity index (χ2v) is 5.36. The Morgan fingerprint density at radius 2 is 1.88 bits per heavy atom. The fourth-order valence-corrected chi connectivity index (χ4v) is 2.60. The zero-order valence-electron chi connectivity index (χ0n) is 13.2. The lowest BCUT2D eigenvalue weighted by Gasteiger charge is -2.07. The number of ether oxygens (including phenoxy) is 1. The molecule has 4 rings (SSSR count). The van der Waals surface area contributed by atoms with Crippen molar-refractivity contribution in [2.24, 2.45) is 0 Å². The highest BCUT2D eigenvalue weighted by atomic mass is 16.5. The van der Waals surface area contributed by atoms with Crippen molar-refractivity contribution >= 4 is 17.2 Å². The molecule has 2 aromatic heterocycles. The Morgan fingerprint density at radius 1 is 1.00 bits per heavy atom. The molecule has 0 aliphatic rings. The van der Waals surface area contributed by atoms with Gasteiger partial charge in [0, 0.05) is 17.4 Å². The van der Waals surface area contributed by atoms with Gasteiger partial charge in [0.2, 0.25) is 0 Å². The number of para-hydroxylation sites is 1. The molecule has 4 aromatic rings. The molecule has 0 radical (unpaired) electrons. The van der Waals surface area contributed by atoms with Gasteiger partial charge in [-0.1, -0.05) is 30.3 Å². The molecule has 0 unspecified atom stereocenters. The van der Waals surface area contributed by atoms with Crippen LogP contribution in [-0.2, 0) is 0 Å². The molecule has 5 heteroatoms. The number of methoxy groups -OCH3 is 1. The van der Waals surface area contributed by atoms with Gasteiger partial charge in [0.05, 0.1) is 13.3 Å². The monoisotopic (exact) mass is 316 g/mol. The lowest BCUT2D eigenvalue weighted by molar-refractivity contribution is 0.415. The molecule has 118 valence electrons. The normalized spacial score (nSPS) is 10.7. The average Bonchev–Trinajstić information content (AvgIpc) is 3.06. The lowest BCUT2D eigenvalue weighted by atomic mass is 10.1. The van der Waals surface area contributed by atoms with Crippen molar-refractivity contribution in [3.63, 3.8) is 0 Å². The zero-order valence-corrected chi connectivity index (χ0v) is 13.2. The van der Waals surface area contributed by atoms with Crippen molar-refractivity contribution in [1.29, 1.82) is 0 Å². The Bertz CT molecular complexity index is 979. The molecule has 2 heterocycles. The van der Waals surface area contributed by atoms with E-state index in [9.17, 15) is 0 Å². The van der Waals surface area contributed by atoms with E-state index in [-0.39, 0.29) is 0 Å². The summed E-state index contributed by atoms with van der Waals surface area (Å²) in [5, 5.41) is 7.69. The molecule has 0 atom stereocenters. The van der Waals surface area contributed by atoms with Gasteiger partial charge in [0.25, 0.3) is 0 Å². The first-order valence-electron chi connectivity index (χ1n) is 7.64. The molecule has 0 aliphatic carbocycles. The number of nitrogens with zero attached hydrogens (tertiary/aromatic N) is 3. The molecule has 24 heavy (non-hydrogen) atoms. The van der Waals surface area contributed by atoms with Crippen LogP contribution in [-0.4, -0.2) is 21.7 Å². The Balaban J connectivity index is 1.76. The first-order chi connectivity index (χ1) is 11.8. The molecule has 2 aromatic carbocycles. The Kier molecular flexibility index (Phi) is 3.59. The standard InChI is InChI=1S/C19H16N4O/c1-24-16-9-5-6-14(12-16)17-13-20-23-11-10-18(22-19(17)23)21-15-7-3-2-4-8-15/h2-13H,1H3,(H,21,22). The molecular formula is C19H16N4O. The SMILES string of the molecule is COc1cccc(-c2cnn3ccc(Nc4ccccc4)nc23)c1.